The molecular formula is C11H11Cl2N3O3S. The number of halogens is 2. The molecule has 0 aromatic heterocycles. The smallest absolute Gasteiger partial charge is 0.274 e. The maximum Gasteiger partial charge on any atom is 0.325 e. The monoisotopic (exact) mass is 335 g/mol. The molecule has 0 radical (unpaired) electrons. The van der Waals surface area contributed by atoms with Crippen LogP contribution in [0.5, 0.6) is 0 Å². The Morgan fingerprint density at radius 2 is 2.00 bits per heavy atom. The topological polar surface area (TPSA) is 69.7 Å². The molecule has 108 valence electrons. The Morgan fingerprint density at radius 1 is 1.30 bits per heavy atom. The zero-order chi connectivity index (χ0) is 14.9. The summed E-state index contributed by atoms with van der Waals surface area (Å²) in [5.41, 5.74) is 2.58. The van der Waals surface area contributed by atoms with E-state index in [9.17, 15) is 13.2 Å². The first kappa shape index (κ1) is 15.1. The summed E-state index contributed by atoms with van der Waals surface area (Å²) < 4.78 is 26.6. The highest BCUT2D eigenvalue weighted by molar-refractivity contribution is 7.90. The molecule has 1 amide bonds. The molecule has 1 N–H and O–H groups in total. The van der Waals surface area contributed by atoms with Crippen molar-refractivity contribution >= 4 is 45.0 Å². The summed E-state index contributed by atoms with van der Waals surface area (Å²) >= 11 is 11.7. The van der Waals surface area contributed by atoms with Gasteiger partial charge in [-0.2, -0.15) is 8.42 Å². The average molecular weight is 336 g/mol. The van der Waals surface area contributed by atoms with Crippen LogP contribution >= 0.6 is 23.2 Å². The van der Waals surface area contributed by atoms with Crippen LogP contribution in [-0.2, 0) is 15.0 Å². The molecule has 1 heterocycles. The summed E-state index contributed by atoms with van der Waals surface area (Å²) in [6.07, 6.45) is 2.99. The predicted molar refractivity (Wildman–Crippen MR) is 77.5 cm³/mol. The summed E-state index contributed by atoms with van der Waals surface area (Å²) in [5.74, 6) is -0.474. The maximum absolute atomic E-state index is 12.4. The molecule has 1 aliphatic rings. The average Bonchev–Trinajstić information content (AvgIpc) is 2.35. The predicted octanol–water partition coefficient (Wildman–Crippen LogP) is 1.93. The maximum atomic E-state index is 12.4. The van der Waals surface area contributed by atoms with Crippen LogP contribution in [0.3, 0.4) is 0 Å². The molecule has 0 saturated heterocycles. The van der Waals surface area contributed by atoms with E-state index in [1.165, 1.54) is 31.3 Å². The Bertz CT molecular complexity index is 675. The van der Waals surface area contributed by atoms with Gasteiger partial charge in [-0.25, -0.2) is 4.31 Å². The number of hydrazine groups is 1. The molecule has 0 aliphatic carbocycles. The summed E-state index contributed by atoms with van der Waals surface area (Å²) in [7, 11) is -3.90. The number of anilines is 1. The van der Waals surface area contributed by atoms with Gasteiger partial charge in [0.05, 0.1) is 22.3 Å². The summed E-state index contributed by atoms with van der Waals surface area (Å²) in [4.78, 5) is 11.0. The van der Waals surface area contributed by atoms with E-state index < -0.39 is 16.1 Å². The number of benzene rings is 1. The lowest BCUT2D eigenvalue weighted by molar-refractivity contribution is -0.121. The van der Waals surface area contributed by atoms with Crippen LogP contribution in [0.2, 0.25) is 10.0 Å². The second-order valence-corrected chi connectivity index (χ2v) is 6.53. The number of amides is 1. The first-order valence-corrected chi connectivity index (χ1v) is 7.68. The molecular weight excluding hydrogens is 325 g/mol. The lowest BCUT2D eigenvalue weighted by Gasteiger charge is -2.31. The van der Waals surface area contributed by atoms with Crippen molar-refractivity contribution in [2.45, 2.75) is 6.92 Å². The van der Waals surface area contributed by atoms with Crippen molar-refractivity contribution in [2.24, 2.45) is 0 Å². The first-order valence-electron chi connectivity index (χ1n) is 5.53. The lowest BCUT2D eigenvalue weighted by atomic mass is 10.3. The molecule has 1 aromatic carbocycles. The van der Waals surface area contributed by atoms with Crippen molar-refractivity contribution in [2.75, 3.05) is 10.8 Å². The number of rotatable bonds is 2. The van der Waals surface area contributed by atoms with Crippen molar-refractivity contribution < 1.29 is 13.2 Å². The van der Waals surface area contributed by atoms with Gasteiger partial charge >= 0.3 is 10.2 Å². The lowest BCUT2D eigenvalue weighted by Crippen LogP contribution is -2.52. The minimum atomic E-state index is -3.90. The molecule has 2 rings (SSSR count). The number of hydrogen-bond acceptors (Lipinski definition) is 3. The van der Waals surface area contributed by atoms with E-state index in [4.69, 9.17) is 23.2 Å². The fraction of sp³-hybridized carbons (Fsp3) is 0.182. The van der Waals surface area contributed by atoms with E-state index in [1.54, 1.807) is 6.08 Å². The highest BCUT2D eigenvalue weighted by Crippen LogP contribution is 2.30. The Kier molecular flexibility index (Phi) is 4.24. The Hall–Kier alpha value is -1.28. The Morgan fingerprint density at radius 3 is 2.60 bits per heavy atom. The van der Waals surface area contributed by atoms with Crippen LogP contribution in [-0.4, -0.2) is 25.3 Å². The van der Waals surface area contributed by atoms with Gasteiger partial charge in [0.2, 0.25) is 5.91 Å². The van der Waals surface area contributed by atoms with E-state index in [0.717, 1.165) is 8.72 Å². The second-order valence-electron chi connectivity index (χ2n) is 3.99. The highest BCUT2D eigenvalue weighted by atomic mass is 35.5. The van der Waals surface area contributed by atoms with Gasteiger partial charge in [0.1, 0.15) is 0 Å². The third kappa shape index (κ3) is 2.90. The largest absolute Gasteiger partial charge is 0.325 e. The Balaban J connectivity index is 2.41. The van der Waals surface area contributed by atoms with E-state index >= 15 is 0 Å². The number of hydrogen-bond donors (Lipinski definition) is 1. The highest BCUT2D eigenvalue weighted by Gasteiger charge is 2.32. The Labute approximate surface area is 126 Å². The number of carbonyl (C=O) groups is 1. The molecule has 0 spiro atoms. The van der Waals surface area contributed by atoms with Gasteiger partial charge in [0.15, 0.2) is 0 Å². The van der Waals surface area contributed by atoms with Gasteiger partial charge in [-0.05, 0) is 24.3 Å². The minimum absolute atomic E-state index is 0.0553. The van der Waals surface area contributed by atoms with E-state index in [1.807, 2.05) is 0 Å². The third-order valence-corrected chi connectivity index (χ3v) is 4.84. The van der Waals surface area contributed by atoms with Crippen LogP contribution in [0.1, 0.15) is 6.92 Å². The van der Waals surface area contributed by atoms with E-state index in [-0.39, 0.29) is 11.6 Å². The third-order valence-electron chi connectivity index (χ3n) is 2.48. The van der Waals surface area contributed by atoms with Crippen LogP contribution in [0.25, 0.3) is 0 Å². The standard InChI is InChI=1S/C11H11Cl2N3O3S/c1-8(17)14-16-6-2-5-15(20(16,18)19)9-3-4-10(12)11(13)7-9/h2-5,7H,6H2,1H3,(H,14,17). The fourth-order valence-electron chi connectivity index (χ4n) is 1.64. The molecule has 9 heteroatoms. The molecule has 20 heavy (non-hydrogen) atoms. The molecule has 0 atom stereocenters. The molecule has 1 aliphatic heterocycles. The zero-order valence-electron chi connectivity index (χ0n) is 10.4. The van der Waals surface area contributed by atoms with Crippen molar-refractivity contribution in [1.82, 2.24) is 9.84 Å². The van der Waals surface area contributed by atoms with Crippen molar-refractivity contribution in [3.05, 3.63) is 40.5 Å². The molecule has 6 nitrogen and oxygen atoms in total. The van der Waals surface area contributed by atoms with Gasteiger partial charge < -0.3 is 0 Å². The molecule has 0 unspecified atom stereocenters. The SMILES string of the molecule is CC(=O)NN1CC=CN(c2ccc(Cl)c(Cl)c2)S1(=O)=O. The summed E-state index contributed by atoms with van der Waals surface area (Å²) in [6.45, 7) is 1.29. The summed E-state index contributed by atoms with van der Waals surface area (Å²) in [5, 5.41) is 0.567. The van der Waals surface area contributed by atoms with Gasteiger partial charge in [0, 0.05) is 13.1 Å². The molecule has 1 aromatic rings. The van der Waals surface area contributed by atoms with Gasteiger partial charge in [-0.15, -0.1) is 0 Å². The molecule has 0 fully saturated rings. The number of nitrogens with one attached hydrogen (secondary N) is 1. The van der Waals surface area contributed by atoms with Crippen LogP contribution in [0.15, 0.2) is 30.5 Å². The second kappa shape index (κ2) is 5.61. The van der Waals surface area contributed by atoms with Crippen LogP contribution in [0.4, 0.5) is 5.69 Å². The first-order chi connectivity index (χ1) is 9.32. The van der Waals surface area contributed by atoms with E-state index in [0.29, 0.717) is 10.7 Å². The normalized spacial score (nSPS) is 18.1. The van der Waals surface area contributed by atoms with E-state index in [2.05, 4.69) is 5.43 Å². The quantitative estimate of drug-likeness (QED) is 0.897. The minimum Gasteiger partial charge on any atom is -0.274 e. The number of nitrogens with zero attached hydrogens (tertiary/aromatic N) is 2. The van der Waals surface area contributed by atoms with Crippen LogP contribution in [0, 0.1) is 0 Å². The fourth-order valence-corrected chi connectivity index (χ4v) is 3.28. The zero-order valence-corrected chi connectivity index (χ0v) is 12.7. The van der Waals surface area contributed by atoms with Crippen LogP contribution < -0.4 is 9.73 Å². The van der Waals surface area contributed by atoms with Gasteiger partial charge in [0.25, 0.3) is 0 Å². The number of carbonyl (C=O) groups excluding carboxylic acids is 1. The van der Waals surface area contributed by atoms with Gasteiger partial charge in [-0.1, -0.05) is 27.6 Å². The van der Waals surface area contributed by atoms with Crippen molar-refractivity contribution in [3.8, 4) is 0 Å². The summed E-state index contributed by atoms with van der Waals surface area (Å²) in [6, 6.07) is 4.45. The molecule has 0 saturated carbocycles. The molecule has 0 bridgehead atoms. The van der Waals surface area contributed by atoms with Crippen molar-refractivity contribution in [1.29, 1.82) is 0 Å². The van der Waals surface area contributed by atoms with Crippen molar-refractivity contribution in [3.63, 3.8) is 0 Å². The van der Waals surface area contributed by atoms with Gasteiger partial charge in [-0.3, -0.25) is 10.2 Å².